The lowest BCUT2D eigenvalue weighted by Crippen LogP contribution is -2.30. The highest BCUT2D eigenvalue weighted by atomic mass is 16.6. The fourth-order valence-corrected chi connectivity index (χ4v) is 2.48. The predicted octanol–water partition coefficient (Wildman–Crippen LogP) is 2.84. The summed E-state index contributed by atoms with van der Waals surface area (Å²) in [4.78, 5) is 23.2. The molecule has 1 aliphatic carbocycles. The van der Waals surface area contributed by atoms with E-state index in [0.717, 1.165) is 12.8 Å². The normalized spacial score (nSPS) is 19.9. The standard InChI is InChI=1S/C14H24O4/c1-4-17-13(16)11(2)18-12(15)10-14(3)8-6-5-7-9-14/h11H,4-10H2,1-3H3. The van der Waals surface area contributed by atoms with Crippen LogP contribution in [0.25, 0.3) is 0 Å². The molecule has 0 radical (unpaired) electrons. The van der Waals surface area contributed by atoms with Crippen LogP contribution in [0, 0.1) is 5.41 Å². The van der Waals surface area contributed by atoms with Gasteiger partial charge in [-0.2, -0.15) is 0 Å². The first kappa shape index (κ1) is 15.0. The molecular formula is C14H24O4. The molecule has 0 N–H and O–H groups in total. The molecule has 0 aromatic rings. The second kappa shape index (κ2) is 6.76. The van der Waals surface area contributed by atoms with Crippen molar-refractivity contribution in [1.29, 1.82) is 0 Å². The van der Waals surface area contributed by atoms with Crippen molar-refractivity contribution in [2.45, 2.75) is 65.4 Å². The molecular weight excluding hydrogens is 232 g/mol. The number of esters is 2. The van der Waals surface area contributed by atoms with Gasteiger partial charge < -0.3 is 9.47 Å². The van der Waals surface area contributed by atoms with E-state index in [9.17, 15) is 9.59 Å². The maximum atomic E-state index is 11.8. The largest absolute Gasteiger partial charge is 0.463 e. The minimum Gasteiger partial charge on any atom is -0.463 e. The van der Waals surface area contributed by atoms with Crippen molar-refractivity contribution in [2.75, 3.05) is 6.61 Å². The SMILES string of the molecule is CCOC(=O)C(C)OC(=O)CC1(C)CCCCC1. The summed E-state index contributed by atoms with van der Waals surface area (Å²) >= 11 is 0. The molecule has 0 bridgehead atoms. The Kier molecular flexibility index (Phi) is 5.63. The lowest BCUT2D eigenvalue weighted by atomic mass is 9.73. The van der Waals surface area contributed by atoms with E-state index in [1.54, 1.807) is 13.8 Å². The van der Waals surface area contributed by atoms with Gasteiger partial charge in [0, 0.05) is 0 Å². The van der Waals surface area contributed by atoms with Gasteiger partial charge in [0.1, 0.15) is 0 Å². The Morgan fingerprint density at radius 2 is 1.83 bits per heavy atom. The van der Waals surface area contributed by atoms with E-state index in [4.69, 9.17) is 9.47 Å². The van der Waals surface area contributed by atoms with Gasteiger partial charge >= 0.3 is 11.9 Å². The Hall–Kier alpha value is -1.06. The maximum Gasteiger partial charge on any atom is 0.347 e. The second-order valence-electron chi connectivity index (χ2n) is 5.43. The summed E-state index contributed by atoms with van der Waals surface area (Å²) in [6, 6.07) is 0. The van der Waals surface area contributed by atoms with Gasteiger partial charge in [-0.3, -0.25) is 4.79 Å². The fraction of sp³-hybridized carbons (Fsp3) is 0.857. The Bertz CT molecular complexity index is 292. The minimum absolute atomic E-state index is 0.0454. The number of rotatable bonds is 5. The molecule has 18 heavy (non-hydrogen) atoms. The van der Waals surface area contributed by atoms with Gasteiger partial charge in [-0.15, -0.1) is 0 Å². The van der Waals surface area contributed by atoms with Gasteiger partial charge in [0.05, 0.1) is 13.0 Å². The minimum atomic E-state index is -0.801. The smallest absolute Gasteiger partial charge is 0.347 e. The van der Waals surface area contributed by atoms with Crippen LogP contribution in [0.1, 0.15) is 59.3 Å². The summed E-state index contributed by atoms with van der Waals surface area (Å²) in [7, 11) is 0. The van der Waals surface area contributed by atoms with Crippen molar-refractivity contribution in [3.8, 4) is 0 Å². The van der Waals surface area contributed by atoms with Crippen LogP contribution in [0.15, 0.2) is 0 Å². The molecule has 0 aromatic carbocycles. The summed E-state index contributed by atoms with van der Waals surface area (Å²) in [5.41, 5.74) is 0.0454. The monoisotopic (exact) mass is 256 g/mol. The van der Waals surface area contributed by atoms with Gasteiger partial charge in [0.25, 0.3) is 0 Å². The Labute approximate surface area is 109 Å². The van der Waals surface area contributed by atoms with Gasteiger partial charge in [-0.05, 0) is 32.1 Å². The third kappa shape index (κ3) is 4.67. The van der Waals surface area contributed by atoms with E-state index in [2.05, 4.69) is 6.92 Å². The lowest BCUT2D eigenvalue weighted by Gasteiger charge is -2.32. The highest BCUT2D eigenvalue weighted by Gasteiger charge is 2.31. The summed E-state index contributed by atoms with van der Waals surface area (Å²) < 4.78 is 9.92. The number of hydrogen-bond donors (Lipinski definition) is 0. The Balaban J connectivity index is 2.38. The highest BCUT2D eigenvalue weighted by Crippen LogP contribution is 2.38. The van der Waals surface area contributed by atoms with Gasteiger partial charge in [-0.25, -0.2) is 4.79 Å². The van der Waals surface area contributed by atoms with Crippen LogP contribution in [-0.2, 0) is 19.1 Å². The molecule has 1 atom stereocenters. The summed E-state index contributed by atoms with van der Waals surface area (Å²) in [6.07, 6.45) is 5.34. The van der Waals surface area contributed by atoms with Crippen LogP contribution < -0.4 is 0 Å². The van der Waals surface area contributed by atoms with Crippen molar-refractivity contribution in [3.63, 3.8) is 0 Å². The number of hydrogen-bond acceptors (Lipinski definition) is 4. The van der Waals surface area contributed by atoms with Crippen LogP contribution in [0.4, 0.5) is 0 Å². The topological polar surface area (TPSA) is 52.6 Å². The quantitative estimate of drug-likeness (QED) is 0.710. The van der Waals surface area contributed by atoms with E-state index in [-0.39, 0.29) is 11.4 Å². The van der Waals surface area contributed by atoms with Crippen molar-refractivity contribution in [2.24, 2.45) is 5.41 Å². The summed E-state index contributed by atoms with van der Waals surface area (Å²) in [6.45, 7) is 5.72. The summed E-state index contributed by atoms with van der Waals surface area (Å²) in [5, 5.41) is 0. The lowest BCUT2D eigenvalue weighted by molar-refractivity contribution is -0.167. The highest BCUT2D eigenvalue weighted by molar-refractivity contribution is 5.79. The van der Waals surface area contributed by atoms with E-state index in [1.165, 1.54) is 19.3 Å². The molecule has 0 saturated heterocycles. The third-order valence-corrected chi connectivity index (χ3v) is 3.56. The van der Waals surface area contributed by atoms with Crippen LogP contribution >= 0.6 is 0 Å². The zero-order valence-corrected chi connectivity index (χ0v) is 11.7. The van der Waals surface area contributed by atoms with Crippen molar-refractivity contribution >= 4 is 11.9 Å². The molecule has 4 heteroatoms. The zero-order valence-electron chi connectivity index (χ0n) is 11.7. The first-order chi connectivity index (χ1) is 8.47. The molecule has 104 valence electrons. The van der Waals surface area contributed by atoms with Gasteiger partial charge in [0.2, 0.25) is 0 Å². The molecule has 0 aliphatic heterocycles. The van der Waals surface area contributed by atoms with E-state index in [0.29, 0.717) is 13.0 Å². The second-order valence-corrected chi connectivity index (χ2v) is 5.43. The molecule has 0 heterocycles. The number of carbonyl (C=O) groups is 2. The maximum absolute atomic E-state index is 11.8. The molecule has 1 fully saturated rings. The third-order valence-electron chi connectivity index (χ3n) is 3.56. The van der Waals surface area contributed by atoms with Crippen molar-refractivity contribution in [1.82, 2.24) is 0 Å². The molecule has 4 nitrogen and oxygen atoms in total. The fourth-order valence-electron chi connectivity index (χ4n) is 2.48. The first-order valence-corrected chi connectivity index (χ1v) is 6.83. The molecule has 0 spiro atoms. The molecule has 0 aromatic heterocycles. The first-order valence-electron chi connectivity index (χ1n) is 6.83. The molecule has 1 unspecified atom stereocenters. The zero-order chi connectivity index (χ0) is 13.6. The summed E-state index contributed by atoms with van der Waals surface area (Å²) in [5.74, 6) is -0.764. The predicted molar refractivity (Wildman–Crippen MR) is 68.0 cm³/mol. The van der Waals surface area contributed by atoms with Crippen LogP contribution in [0.5, 0.6) is 0 Å². The van der Waals surface area contributed by atoms with E-state index < -0.39 is 12.1 Å². The van der Waals surface area contributed by atoms with Crippen LogP contribution in [0.2, 0.25) is 0 Å². The Morgan fingerprint density at radius 3 is 2.39 bits per heavy atom. The molecule has 1 rings (SSSR count). The average Bonchev–Trinajstić information content (AvgIpc) is 2.29. The van der Waals surface area contributed by atoms with Crippen molar-refractivity contribution < 1.29 is 19.1 Å². The van der Waals surface area contributed by atoms with Crippen LogP contribution in [-0.4, -0.2) is 24.6 Å². The number of carbonyl (C=O) groups excluding carboxylic acids is 2. The number of ether oxygens (including phenoxy) is 2. The van der Waals surface area contributed by atoms with E-state index in [1.807, 2.05) is 0 Å². The molecule has 1 saturated carbocycles. The van der Waals surface area contributed by atoms with Crippen molar-refractivity contribution in [3.05, 3.63) is 0 Å². The average molecular weight is 256 g/mol. The van der Waals surface area contributed by atoms with E-state index >= 15 is 0 Å². The van der Waals surface area contributed by atoms with Crippen LogP contribution in [0.3, 0.4) is 0 Å². The van der Waals surface area contributed by atoms with Gasteiger partial charge in [0.15, 0.2) is 6.10 Å². The Morgan fingerprint density at radius 1 is 1.22 bits per heavy atom. The molecule has 1 aliphatic rings. The molecule has 0 amide bonds. The van der Waals surface area contributed by atoms with Gasteiger partial charge in [-0.1, -0.05) is 26.2 Å².